The standard InChI is InChI=1S/C42H65N9O11/c1-26(2)21-30(38(57)49-33(41(60)61)23-28-13-9-6-10-14-28)46-40(59)32(24-36(54)55)48-39(58)31(22-27-11-7-5-8-12-27)47-37(56)29(15-16-34(43)52)45-35(53)25-44-42(50(3)4)51-17-19-62-20-18-51/h6,9-10,13-14,26-27,29-33H,5,7-8,11-12,15-25H2,1-4H3,(H2,43,52)(H,45,53)(H,46,59)(H,47,56)(H,48,58)(H,49,57)(H,54,55)(H,60,61)/b44-42+/t29-,30-,31-,32-,33-/m0/s1. The van der Waals surface area contributed by atoms with Crippen molar-refractivity contribution in [3.63, 3.8) is 0 Å². The molecule has 1 aliphatic heterocycles. The molecule has 344 valence electrons. The minimum absolute atomic E-state index is 0.0126. The number of rotatable bonds is 23. The van der Waals surface area contributed by atoms with Crippen LogP contribution in [-0.4, -0.2) is 151 Å². The van der Waals surface area contributed by atoms with Crippen molar-refractivity contribution in [2.75, 3.05) is 46.9 Å². The molecule has 6 amide bonds. The van der Waals surface area contributed by atoms with Gasteiger partial charge < -0.3 is 57.1 Å². The van der Waals surface area contributed by atoms with Gasteiger partial charge in [0.15, 0.2) is 5.96 Å². The normalized spacial score (nSPS) is 17.0. The Morgan fingerprint density at radius 2 is 1.35 bits per heavy atom. The highest BCUT2D eigenvalue weighted by Gasteiger charge is 2.35. The number of carboxylic acids is 2. The zero-order valence-electron chi connectivity index (χ0n) is 36.2. The van der Waals surface area contributed by atoms with E-state index in [0.29, 0.717) is 37.8 Å². The summed E-state index contributed by atoms with van der Waals surface area (Å²) in [5.41, 5.74) is 6.05. The smallest absolute Gasteiger partial charge is 0.326 e. The van der Waals surface area contributed by atoms with Crippen molar-refractivity contribution in [3.05, 3.63) is 35.9 Å². The maximum absolute atomic E-state index is 14.1. The molecule has 1 saturated carbocycles. The molecule has 0 radical (unpaired) electrons. The molecule has 1 saturated heterocycles. The lowest BCUT2D eigenvalue weighted by molar-refractivity contribution is -0.143. The van der Waals surface area contributed by atoms with E-state index < -0.39 is 84.0 Å². The summed E-state index contributed by atoms with van der Waals surface area (Å²) in [5, 5.41) is 32.4. The van der Waals surface area contributed by atoms with Gasteiger partial charge in [-0.3, -0.25) is 33.6 Å². The molecule has 1 aliphatic carbocycles. The first-order chi connectivity index (χ1) is 29.4. The molecule has 2 fully saturated rings. The molecule has 20 heteroatoms. The van der Waals surface area contributed by atoms with Crippen molar-refractivity contribution in [2.24, 2.45) is 22.6 Å². The summed E-state index contributed by atoms with van der Waals surface area (Å²) in [5.74, 6) is -7.28. The molecule has 0 aromatic heterocycles. The van der Waals surface area contributed by atoms with Gasteiger partial charge in [-0.1, -0.05) is 76.3 Å². The quantitative estimate of drug-likeness (QED) is 0.0521. The van der Waals surface area contributed by atoms with Crippen LogP contribution < -0.4 is 32.3 Å². The van der Waals surface area contributed by atoms with Crippen molar-refractivity contribution in [3.8, 4) is 0 Å². The Bertz CT molecular complexity index is 1710. The molecule has 2 aliphatic rings. The van der Waals surface area contributed by atoms with Gasteiger partial charge in [-0.25, -0.2) is 9.79 Å². The number of nitrogens with zero attached hydrogens (tertiary/aromatic N) is 3. The molecule has 1 aromatic carbocycles. The molecule has 0 bridgehead atoms. The third-order valence-electron chi connectivity index (χ3n) is 10.6. The van der Waals surface area contributed by atoms with Gasteiger partial charge >= 0.3 is 11.9 Å². The lowest BCUT2D eigenvalue weighted by atomic mass is 9.84. The van der Waals surface area contributed by atoms with E-state index in [1.54, 1.807) is 63.2 Å². The number of amides is 6. The Hall–Kier alpha value is -5.79. The second-order valence-corrected chi connectivity index (χ2v) is 16.5. The number of carbonyl (C=O) groups excluding carboxylic acids is 6. The number of nitrogens with two attached hydrogens (primary N) is 1. The lowest BCUT2D eigenvalue weighted by Gasteiger charge is -2.33. The summed E-state index contributed by atoms with van der Waals surface area (Å²) in [7, 11) is 3.56. The Kier molecular flexibility index (Phi) is 21.1. The summed E-state index contributed by atoms with van der Waals surface area (Å²) < 4.78 is 5.41. The highest BCUT2D eigenvalue weighted by molar-refractivity contribution is 5.97. The monoisotopic (exact) mass is 871 g/mol. The van der Waals surface area contributed by atoms with Crippen LogP contribution in [0.1, 0.15) is 83.6 Å². The number of aliphatic carboxylic acids is 2. The van der Waals surface area contributed by atoms with Gasteiger partial charge in [0.1, 0.15) is 36.8 Å². The summed E-state index contributed by atoms with van der Waals surface area (Å²) in [6, 6.07) is 1.67. The van der Waals surface area contributed by atoms with E-state index in [1.807, 2.05) is 4.90 Å². The maximum atomic E-state index is 14.1. The van der Waals surface area contributed by atoms with Gasteiger partial charge in [-0.15, -0.1) is 0 Å². The number of hydrogen-bond acceptors (Lipinski definition) is 10. The van der Waals surface area contributed by atoms with Crippen molar-refractivity contribution >= 4 is 53.3 Å². The number of ether oxygens (including phenoxy) is 1. The number of aliphatic imine (C=N–C) groups is 1. The summed E-state index contributed by atoms with van der Waals surface area (Å²) in [6.45, 7) is 5.31. The van der Waals surface area contributed by atoms with E-state index >= 15 is 0 Å². The number of carbonyl (C=O) groups is 8. The predicted molar refractivity (Wildman–Crippen MR) is 227 cm³/mol. The number of guanidine groups is 1. The molecule has 3 rings (SSSR count). The highest BCUT2D eigenvalue weighted by Crippen LogP contribution is 2.27. The summed E-state index contributed by atoms with van der Waals surface area (Å²) >= 11 is 0. The van der Waals surface area contributed by atoms with Crippen molar-refractivity contribution in [1.29, 1.82) is 0 Å². The second-order valence-electron chi connectivity index (χ2n) is 16.5. The molecule has 9 N–H and O–H groups in total. The number of morpholine rings is 1. The predicted octanol–water partition coefficient (Wildman–Crippen LogP) is -0.256. The van der Waals surface area contributed by atoms with Gasteiger partial charge in [-0.05, 0) is 36.7 Å². The van der Waals surface area contributed by atoms with Crippen molar-refractivity contribution in [2.45, 2.75) is 115 Å². The molecule has 1 heterocycles. The zero-order chi connectivity index (χ0) is 45.8. The molecule has 0 spiro atoms. The Balaban J connectivity index is 1.82. The Morgan fingerprint density at radius 3 is 1.94 bits per heavy atom. The molecule has 1 aromatic rings. The fraction of sp³-hybridized carbons (Fsp3) is 0.643. The van der Waals surface area contributed by atoms with Crippen LogP contribution in [0.3, 0.4) is 0 Å². The van der Waals surface area contributed by atoms with Crippen LogP contribution in [0.25, 0.3) is 0 Å². The van der Waals surface area contributed by atoms with E-state index in [1.165, 1.54) is 0 Å². The Morgan fingerprint density at radius 1 is 0.790 bits per heavy atom. The second kappa shape index (κ2) is 25.9. The minimum Gasteiger partial charge on any atom is -0.481 e. The lowest BCUT2D eigenvalue weighted by Crippen LogP contribution is -2.59. The fourth-order valence-electron chi connectivity index (χ4n) is 7.44. The minimum atomic E-state index is -1.71. The fourth-order valence-corrected chi connectivity index (χ4v) is 7.44. The van der Waals surface area contributed by atoms with E-state index in [9.17, 15) is 48.6 Å². The molecule has 20 nitrogen and oxygen atoms in total. The van der Waals surface area contributed by atoms with Gasteiger partial charge in [-0.2, -0.15) is 0 Å². The number of primary amides is 1. The number of nitrogens with one attached hydrogen (secondary N) is 5. The van der Waals surface area contributed by atoms with Crippen LogP contribution in [0.15, 0.2) is 35.3 Å². The highest BCUT2D eigenvalue weighted by atomic mass is 16.5. The summed E-state index contributed by atoms with van der Waals surface area (Å²) in [6.07, 6.45) is 3.06. The molecule has 5 atom stereocenters. The number of hydrogen-bond donors (Lipinski definition) is 8. The first-order valence-corrected chi connectivity index (χ1v) is 21.3. The Labute approximate surface area is 362 Å². The van der Waals surface area contributed by atoms with Gasteiger partial charge in [0.25, 0.3) is 0 Å². The number of benzene rings is 1. The first kappa shape index (κ1) is 50.6. The average molecular weight is 872 g/mol. The van der Waals surface area contributed by atoms with Gasteiger partial charge in [0.2, 0.25) is 35.4 Å². The maximum Gasteiger partial charge on any atom is 0.326 e. The number of carboxylic acid groups (broad SMARTS) is 2. The molecule has 0 unspecified atom stereocenters. The topological polar surface area (TPSA) is 291 Å². The van der Waals surface area contributed by atoms with Crippen LogP contribution in [0.5, 0.6) is 0 Å². The SMILES string of the molecule is CC(C)C[C@H](NC(=O)[C@H](CC(=O)O)NC(=O)[C@H](CC1CCCCC1)NC(=O)[C@H](CCC(N)=O)NC(=O)C/N=C(\N(C)C)N1CCOCC1)C(=O)N[C@@H](Cc1ccccc1)C(=O)O. The van der Waals surface area contributed by atoms with Crippen molar-refractivity contribution < 1.29 is 53.3 Å². The molecular weight excluding hydrogens is 807 g/mol. The van der Waals surface area contributed by atoms with E-state index in [0.717, 1.165) is 32.1 Å². The summed E-state index contributed by atoms with van der Waals surface area (Å²) in [4.78, 5) is 113. The largest absolute Gasteiger partial charge is 0.481 e. The van der Waals surface area contributed by atoms with Crippen LogP contribution >= 0.6 is 0 Å². The van der Waals surface area contributed by atoms with Crippen LogP contribution in [-0.2, 0) is 49.5 Å². The third kappa shape index (κ3) is 18.1. The van der Waals surface area contributed by atoms with E-state index in [2.05, 4.69) is 31.6 Å². The molecule has 62 heavy (non-hydrogen) atoms. The third-order valence-corrected chi connectivity index (χ3v) is 10.6. The average Bonchev–Trinajstić information content (AvgIpc) is 3.21. The first-order valence-electron chi connectivity index (χ1n) is 21.3. The van der Waals surface area contributed by atoms with Crippen molar-refractivity contribution in [1.82, 2.24) is 36.4 Å². The van der Waals surface area contributed by atoms with E-state index in [4.69, 9.17) is 10.5 Å². The van der Waals surface area contributed by atoms with Crippen LogP contribution in [0.2, 0.25) is 0 Å². The van der Waals surface area contributed by atoms with Crippen LogP contribution in [0.4, 0.5) is 0 Å². The van der Waals surface area contributed by atoms with Gasteiger partial charge in [0.05, 0.1) is 19.6 Å². The van der Waals surface area contributed by atoms with E-state index in [-0.39, 0.29) is 50.5 Å². The van der Waals surface area contributed by atoms with Gasteiger partial charge in [0, 0.05) is 40.0 Å². The molecular formula is C42H65N9O11. The zero-order valence-corrected chi connectivity index (χ0v) is 36.2. The van der Waals surface area contributed by atoms with Crippen LogP contribution in [0, 0.1) is 11.8 Å².